The predicted molar refractivity (Wildman–Crippen MR) is 72.3 cm³/mol. The first kappa shape index (κ1) is 12.7. The molecule has 2 aromatic rings. The Morgan fingerprint density at radius 2 is 2.12 bits per heavy atom. The van der Waals surface area contributed by atoms with Crippen molar-refractivity contribution in [1.29, 1.82) is 0 Å². The molecule has 90 valence electrons. The molecule has 1 atom stereocenters. The Bertz CT molecular complexity index is 527. The summed E-state index contributed by atoms with van der Waals surface area (Å²) in [5.41, 5.74) is 5.62. The molecule has 0 amide bonds. The fourth-order valence-electron chi connectivity index (χ4n) is 1.77. The average molecular weight is 315 g/mol. The highest BCUT2D eigenvalue weighted by molar-refractivity contribution is 9.10. The van der Waals surface area contributed by atoms with E-state index >= 15 is 0 Å². The molecule has 2 nitrogen and oxygen atoms in total. The molecule has 1 heterocycles. The summed E-state index contributed by atoms with van der Waals surface area (Å²) in [6.07, 6.45) is 0. The fourth-order valence-corrected chi connectivity index (χ4v) is 3.32. The molecule has 0 aliphatic carbocycles. The van der Waals surface area contributed by atoms with Gasteiger partial charge in [-0.1, -0.05) is 6.07 Å². The Labute approximate surface area is 112 Å². The zero-order valence-electron chi connectivity index (χ0n) is 9.21. The number of aryl methyl sites for hydroxylation is 1. The number of nitrogens with two attached hydrogens (primary N) is 1. The maximum atomic E-state index is 13.3. The van der Waals surface area contributed by atoms with Gasteiger partial charge in [0.15, 0.2) is 0 Å². The second-order valence-corrected chi connectivity index (χ2v) is 5.37. The lowest BCUT2D eigenvalue weighted by atomic mass is 9.97. The number of hydrazine groups is 1. The average Bonchev–Trinajstić information content (AvgIpc) is 2.71. The molecule has 3 N–H and O–H groups in total. The maximum absolute atomic E-state index is 13.3. The van der Waals surface area contributed by atoms with E-state index in [1.165, 1.54) is 12.1 Å². The number of nitrogens with one attached hydrogen (secondary N) is 1. The lowest BCUT2D eigenvalue weighted by Crippen LogP contribution is -2.29. The van der Waals surface area contributed by atoms with Crippen LogP contribution < -0.4 is 11.3 Å². The predicted octanol–water partition coefficient (Wildman–Crippen LogP) is 3.51. The molecule has 0 bridgehead atoms. The summed E-state index contributed by atoms with van der Waals surface area (Å²) in [7, 11) is 0. The first-order chi connectivity index (χ1) is 8.13. The summed E-state index contributed by atoms with van der Waals surface area (Å²) in [5, 5.41) is 3.98. The molecule has 17 heavy (non-hydrogen) atoms. The van der Waals surface area contributed by atoms with Crippen LogP contribution in [0.2, 0.25) is 0 Å². The number of thiophene rings is 1. The van der Waals surface area contributed by atoms with E-state index in [0.29, 0.717) is 0 Å². The lowest BCUT2D eigenvalue weighted by Gasteiger charge is -2.18. The van der Waals surface area contributed by atoms with E-state index in [4.69, 9.17) is 5.84 Å². The van der Waals surface area contributed by atoms with Crippen LogP contribution in [-0.2, 0) is 0 Å². The van der Waals surface area contributed by atoms with Crippen molar-refractivity contribution in [1.82, 2.24) is 5.43 Å². The van der Waals surface area contributed by atoms with Crippen molar-refractivity contribution in [3.8, 4) is 0 Å². The van der Waals surface area contributed by atoms with Gasteiger partial charge in [-0.3, -0.25) is 5.84 Å². The van der Waals surface area contributed by atoms with Gasteiger partial charge in [-0.25, -0.2) is 9.82 Å². The summed E-state index contributed by atoms with van der Waals surface area (Å²) in [5.74, 6) is 5.34. The topological polar surface area (TPSA) is 38.0 Å². The molecule has 0 aliphatic rings. The number of benzene rings is 1. The zero-order chi connectivity index (χ0) is 12.4. The second-order valence-electron chi connectivity index (χ2n) is 3.78. The van der Waals surface area contributed by atoms with Crippen LogP contribution in [0.5, 0.6) is 0 Å². The summed E-state index contributed by atoms with van der Waals surface area (Å²) >= 11 is 5.05. The molecule has 0 fully saturated rings. The minimum absolute atomic E-state index is 0.202. The third-order valence-corrected chi connectivity index (χ3v) is 4.42. The zero-order valence-corrected chi connectivity index (χ0v) is 11.6. The molecule has 1 unspecified atom stereocenters. The molecule has 1 aromatic carbocycles. The monoisotopic (exact) mass is 314 g/mol. The normalized spacial score (nSPS) is 12.7. The summed E-state index contributed by atoms with van der Waals surface area (Å²) in [4.78, 5) is 0. The van der Waals surface area contributed by atoms with Gasteiger partial charge in [0.2, 0.25) is 0 Å². The SMILES string of the molecule is Cc1ccc(F)cc1C(NN)c1cscc1Br. The Balaban J connectivity index is 2.49. The van der Waals surface area contributed by atoms with Crippen molar-refractivity contribution in [2.75, 3.05) is 0 Å². The molecule has 0 saturated carbocycles. The van der Waals surface area contributed by atoms with Crippen LogP contribution in [-0.4, -0.2) is 0 Å². The van der Waals surface area contributed by atoms with Gasteiger partial charge in [0, 0.05) is 9.85 Å². The molecule has 2 rings (SSSR count). The highest BCUT2D eigenvalue weighted by Crippen LogP contribution is 2.32. The molecular weight excluding hydrogens is 303 g/mol. The van der Waals surface area contributed by atoms with E-state index in [9.17, 15) is 4.39 Å². The van der Waals surface area contributed by atoms with E-state index in [1.807, 2.05) is 17.7 Å². The minimum atomic E-state index is -0.253. The van der Waals surface area contributed by atoms with Crippen molar-refractivity contribution in [2.45, 2.75) is 13.0 Å². The third-order valence-electron chi connectivity index (χ3n) is 2.67. The van der Waals surface area contributed by atoms with Gasteiger partial charge >= 0.3 is 0 Å². The van der Waals surface area contributed by atoms with Gasteiger partial charge in [-0.05, 0) is 57.1 Å². The standard InChI is InChI=1S/C12H12BrFN2S/c1-7-2-3-8(14)4-9(7)12(16-15)10-5-17-6-11(10)13/h2-6,12,16H,15H2,1H3. The van der Waals surface area contributed by atoms with Crippen molar-refractivity contribution in [3.05, 3.63) is 55.9 Å². The number of halogens is 2. The quantitative estimate of drug-likeness (QED) is 0.672. The van der Waals surface area contributed by atoms with E-state index in [0.717, 1.165) is 21.2 Å². The first-order valence-electron chi connectivity index (χ1n) is 5.07. The van der Waals surface area contributed by atoms with Crippen molar-refractivity contribution >= 4 is 27.3 Å². The minimum Gasteiger partial charge on any atom is -0.271 e. The number of hydrogen-bond donors (Lipinski definition) is 2. The fraction of sp³-hybridized carbons (Fsp3) is 0.167. The van der Waals surface area contributed by atoms with Crippen LogP contribution in [0.3, 0.4) is 0 Å². The molecule has 0 saturated heterocycles. The van der Waals surface area contributed by atoms with E-state index in [1.54, 1.807) is 17.4 Å². The van der Waals surface area contributed by atoms with Gasteiger partial charge in [0.25, 0.3) is 0 Å². The molecule has 0 spiro atoms. The van der Waals surface area contributed by atoms with Crippen molar-refractivity contribution in [3.63, 3.8) is 0 Å². The van der Waals surface area contributed by atoms with Crippen LogP contribution in [0.25, 0.3) is 0 Å². The van der Waals surface area contributed by atoms with Crippen LogP contribution in [0.1, 0.15) is 22.7 Å². The summed E-state index contributed by atoms with van der Waals surface area (Å²) in [6, 6.07) is 4.53. The Morgan fingerprint density at radius 3 is 2.71 bits per heavy atom. The third kappa shape index (κ3) is 2.57. The van der Waals surface area contributed by atoms with Crippen LogP contribution in [0, 0.1) is 12.7 Å². The van der Waals surface area contributed by atoms with Crippen LogP contribution in [0.4, 0.5) is 4.39 Å². The molecule has 0 radical (unpaired) electrons. The van der Waals surface area contributed by atoms with Crippen molar-refractivity contribution in [2.24, 2.45) is 5.84 Å². The van der Waals surface area contributed by atoms with Crippen LogP contribution >= 0.6 is 27.3 Å². The summed E-state index contributed by atoms with van der Waals surface area (Å²) < 4.78 is 14.3. The van der Waals surface area contributed by atoms with Gasteiger partial charge in [0.05, 0.1) is 6.04 Å². The van der Waals surface area contributed by atoms with Gasteiger partial charge in [-0.15, -0.1) is 0 Å². The Morgan fingerprint density at radius 1 is 1.35 bits per heavy atom. The first-order valence-corrected chi connectivity index (χ1v) is 6.81. The maximum Gasteiger partial charge on any atom is 0.123 e. The van der Waals surface area contributed by atoms with E-state index in [2.05, 4.69) is 21.4 Å². The number of hydrogen-bond acceptors (Lipinski definition) is 3. The van der Waals surface area contributed by atoms with Gasteiger partial charge in [-0.2, -0.15) is 11.3 Å². The van der Waals surface area contributed by atoms with E-state index in [-0.39, 0.29) is 11.9 Å². The van der Waals surface area contributed by atoms with Crippen molar-refractivity contribution < 1.29 is 4.39 Å². The van der Waals surface area contributed by atoms with Gasteiger partial charge in [0.1, 0.15) is 5.82 Å². The highest BCUT2D eigenvalue weighted by Gasteiger charge is 2.18. The Hall–Kier alpha value is -0.750. The lowest BCUT2D eigenvalue weighted by molar-refractivity contribution is 0.602. The molecule has 1 aromatic heterocycles. The second kappa shape index (κ2) is 5.27. The molecular formula is C12H12BrFN2S. The van der Waals surface area contributed by atoms with E-state index < -0.39 is 0 Å². The highest BCUT2D eigenvalue weighted by atomic mass is 79.9. The Kier molecular flexibility index (Phi) is 3.93. The van der Waals surface area contributed by atoms with Crippen LogP contribution in [0.15, 0.2) is 33.4 Å². The summed E-state index contributed by atoms with van der Waals surface area (Å²) in [6.45, 7) is 1.94. The smallest absolute Gasteiger partial charge is 0.123 e. The largest absolute Gasteiger partial charge is 0.271 e. The molecule has 0 aliphatic heterocycles. The molecule has 5 heteroatoms. The number of rotatable bonds is 3. The van der Waals surface area contributed by atoms with Gasteiger partial charge < -0.3 is 0 Å².